The first-order valence-electron chi connectivity index (χ1n) is 4.77. The fourth-order valence-electron chi connectivity index (χ4n) is 1.09. The molecule has 1 heterocycles. The minimum absolute atomic E-state index is 0.124. The molecule has 0 aromatic carbocycles. The number of nitrogen functional groups attached to an aromatic ring is 1. The van der Waals surface area contributed by atoms with Gasteiger partial charge in [0.2, 0.25) is 5.95 Å². The number of hydrogen-bond donors (Lipinski definition) is 2. The van der Waals surface area contributed by atoms with E-state index in [-0.39, 0.29) is 6.10 Å². The molecule has 1 aromatic heterocycles. The lowest BCUT2D eigenvalue weighted by atomic mass is 10.4. The molecule has 6 heteroatoms. The van der Waals surface area contributed by atoms with Crippen LogP contribution in [0.2, 0.25) is 0 Å². The molecule has 1 atom stereocenters. The molecule has 0 fully saturated rings. The van der Waals surface area contributed by atoms with Crippen LogP contribution in [0.5, 0.6) is 0 Å². The van der Waals surface area contributed by atoms with Crippen LogP contribution in [0.1, 0.15) is 13.8 Å². The molecule has 3 N–H and O–H groups in total. The van der Waals surface area contributed by atoms with E-state index in [2.05, 4.69) is 31.2 Å². The van der Waals surface area contributed by atoms with Crippen LogP contribution >= 0.6 is 15.9 Å². The Hall–Kier alpha value is -0.880. The predicted octanol–water partition coefficient (Wildman–Crippen LogP) is 1.66. The molecule has 0 saturated carbocycles. The zero-order chi connectivity index (χ0) is 11.3. The normalized spacial score (nSPS) is 12.5. The van der Waals surface area contributed by atoms with Crippen LogP contribution in [0.15, 0.2) is 10.7 Å². The number of nitrogens with zero attached hydrogens (tertiary/aromatic N) is 2. The fraction of sp³-hybridized carbons (Fsp3) is 0.556. The second-order valence-electron chi connectivity index (χ2n) is 3.09. The molecule has 0 amide bonds. The quantitative estimate of drug-likeness (QED) is 0.799. The molecule has 0 spiro atoms. The van der Waals surface area contributed by atoms with Gasteiger partial charge in [0.1, 0.15) is 10.4 Å². The van der Waals surface area contributed by atoms with Gasteiger partial charge in [-0.2, -0.15) is 4.98 Å². The first kappa shape index (κ1) is 12.2. The minimum atomic E-state index is 0.124. The van der Waals surface area contributed by atoms with Crippen molar-refractivity contribution in [2.24, 2.45) is 0 Å². The van der Waals surface area contributed by atoms with Gasteiger partial charge < -0.3 is 15.8 Å². The average molecular weight is 275 g/mol. The lowest BCUT2D eigenvalue weighted by Gasteiger charge is -2.12. The van der Waals surface area contributed by atoms with Crippen molar-refractivity contribution in [2.45, 2.75) is 20.0 Å². The second kappa shape index (κ2) is 5.87. The third-order valence-electron chi connectivity index (χ3n) is 1.71. The molecule has 0 aliphatic carbocycles. The maximum Gasteiger partial charge on any atom is 0.225 e. The van der Waals surface area contributed by atoms with Gasteiger partial charge in [-0.15, -0.1) is 0 Å². The van der Waals surface area contributed by atoms with E-state index in [9.17, 15) is 0 Å². The molecule has 84 valence electrons. The summed E-state index contributed by atoms with van der Waals surface area (Å²) in [5.41, 5.74) is 5.57. The highest BCUT2D eigenvalue weighted by molar-refractivity contribution is 9.10. The lowest BCUT2D eigenvalue weighted by Crippen LogP contribution is -2.21. The Morgan fingerprint density at radius 1 is 1.60 bits per heavy atom. The van der Waals surface area contributed by atoms with E-state index < -0.39 is 0 Å². The fourth-order valence-corrected chi connectivity index (χ4v) is 1.50. The number of nitrogens with one attached hydrogen (secondary N) is 1. The highest BCUT2D eigenvalue weighted by Gasteiger charge is 2.03. The summed E-state index contributed by atoms with van der Waals surface area (Å²) in [6, 6.07) is 1.65. The van der Waals surface area contributed by atoms with Crippen LogP contribution in [0.4, 0.5) is 11.8 Å². The molecule has 0 radical (unpaired) electrons. The van der Waals surface area contributed by atoms with Crippen molar-refractivity contribution in [3.8, 4) is 0 Å². The van der Waals surface area contributed by atoms with Gasteiger partial charge in [-0.1, -0.05) is 0 Å². The highest BCUT2D eigenvalue weighted by Crippen LogP contribution is 2.12. The van der Waals surface area contributed by atoms with E-state index in [0.717, 1.165) is 0 Å². The maximum atomic E-state index is 5.57. The van der Waals surface area contributed by atoms with E-state index in [1.165, 1.54) is 0 Å². The monoisotopic (exact) mass is 274 g/mol. The number of halogens is 1. The number of hydrogen-bond acceptors (Lipinski definition) is 5. The van der Waals surface area contributed by atoms with Gasteiger partial charge in [0, 0.05) is 19.2 Å². The van der Waals surface area contributed by atoms with Crippen LogP contribution in [-0.2, 0) is 4.74 Å². The summed E-state index contributed by atoms with van der Waals surface area (Å²) < 4.78 is 6.03. The van der Waals surface area contributed by atoms with Crippen molar-refractivity contribution in [3.05, 3.63) is 10.7 Å². The van der Waals surface area contributed by atoms with Crippen molar-refractivity contribution in [1.29, 1.82) is 0 Å². The Bertz CT molecular complexity index is 301. The molecule has 0 bridgehead atoms. The number of nitrogens with two attached hydrogens (primary N) is 1. The minimum Gasteiger partial charge on any atom is -0.383 e. The zero-order valence-corrected chi connectivity index (χ0v) is 10.4. The zero-order valence-electron chi connectivity index (χ0n) is 8.83. The van der Waals surface area contributed by atoms with Crippen molar-refractivity contribution < 1.29 is 4.74 Å². The highest BCUT2D eigenvalue weighted by atomic mass is 79.9. The van der Waals surface area contributed by atoms with E-state index >= 15 is 0 Å². The molecule has 1 aromatic rings. The second-order valence-corrected chi connectivity index (χ2v) is 3.90. The number of rotatable bonds is 5. The Kier molecular flexibility index (Phi) is 4.77. The Morgan fingerprint density at radius 3 is 2.93 bits per heavy atom. The topological polar surface area (TPSA) is 73.1 Å². The smallest absolute Gasteiger partial charge is 0.225 e. The molecule has 15 heavy (non-hydrogen) atoms. The van der Waals surface area contributed by atoms with Gasteiger partial charge in [-0.05, 0) is 29.8 Å². The Morgan fingerprint density at radius 2 is 2.33 bits per heavy atom. The first-order chi connectivity index (χ1) is 7.11. The summed E-state index contributed by atoms with van der Waals surface area (Å²) in [4.78, 5) is 8.16. The van der Waals surface area contributed by atoms with Gasteiger partial charge in [0.05, 0.1) is 6.10 Å². The van der Waals surface area contributed by atoms with Gasteiger partial charge in [-0.3, -0.25) is 0 Å². The summed E-state index contributed by atoms with van der Waals surface area (Å²) in [7, 11) is 0. The molecule has 0 aliphatic rings. The molecule has 5 nitrogen and oxygen atoms in total. The van der Waals surface area contributed by atoms with Crippen LogP contribution in [-0.4, -0.2) is 29.2 Å². The van der Waals surface area contributed by atoms with Crippen molar-refractivity contribution >= 4 is 27.7 Å². The molecular formula is C9H15BrN4O. The van der Waals surface area contributed by atoms with Crippen LogP contribution in [0.3, 0.4) is 0 Å². The van der Waals surface area contributed by atoms with Crippen molar-refractivity contribution in [3.63, 3.8) is 0 Å². The Labute approximate surface area is 97.6 Å². The number of ether oxygens (including phenoxy) is 1. The standard InChI is InChI=1S/C9H15BrN4O/c1-3-15-6(2)5-12-9-13-7(10)4-8(11)14-9/h4,6H,3,5H2,1-2H3,(H3,11,12,13,14). The van der Waals surface area contributed by atoms with E-state index in [0.29, 0.717) is 29.5 Å². The summed E-state index contributed by atoms with van der Waals surface area (Å²) in [5, 5.41) is 3.05. The largest absolute Gasteiger partial charge is 0.383 e. The molecule has 0 aliphatic heterocycles. The average Bonchev–Trinajstić information content (AvgIpc) is 2.14. The van der Waals surface area contributed by atoms with Crippen molar-refractivity contribution in [1.82, 2.24) is 9.97 Å². The first-order valence-corrected chi connectivity index (χ1v) is 5.56. The third-order valence-corrected chi connectivity index (χ3v) is 2.12. The van der Waals surface area contributed by atoms with Gasteiger partial charge in [0.15, 0.2) is 0 Å². The number of aromatic nitrogens is 2. The van der Waals surface area contributed by atoms with Gasteiger partial charge in [-0.25, -0.2) is 4.98 Å². The van der Waals surface area contributed by atoms with Crippen molar-refractivity contribution in [2.75, 3.05) is 24.2 Å². The Balaban J connectivity index is 2.50. The molecule has 0 saturated heterocycles. The van der Waals surface area contributed by atoms with Gasteiger partial charge in [0.25, 0.3) is 0 Å². The van der Waals surface area contributed by atoms with E-state index in [4.69, 9.17) is 10.5 Å². The van der Waals surface area contributed by atoms with Crippen LogP contribution < -0.4 is 11.1 Å². The van der Waals surface area contributed by atoms with Gasteiger partial charge >= 0.3 is 0 Å². The summed E-state index contributed by atoms with van der Waals surface area (Å²) in [5.74, 6) is 0.942. The summed E-state index contributed by atoms with van der Waals surface area (Å²) in [6.07, 6.45) is 0.124. The van der Waals surface area contributed by atoms with Crippen LogP contribution in [0, 0.1) is 0 Å². The summed E-state index contributed by atoms with van der Waals surface area (Å²) >= 11 is 3.25. The lowest BCUT2D eigenvalue weighted by molar-refractivity contribution is 0.0854. The molecular weight excluding hydrogens is 260 g/mol. The van der Waals surface area contributed by atoms with E-state index in [1.807, 2.05) is 13.8 Å². The SMILES string of the molecule is CCOC(C)CNc1nc(N)cc(Br)n1. The molecule has 1 unspecified atom stereocenters. The van der Waals surface area contributed by atoms with E-state index in [1.54, 1.807) is 6.07 Å². The predicted molar refractivity (Wildman–Crippen MR) is 63.7 cm³/mol. The number of anilines is 2. The third kappa shape index (κ3) is 4.44. The maximum absolute atomic E-state index is 5.57. The van der Waals surface area contributed by atoms with Crippen LogP contribution in [0.25, 0.3) is 0 Å². The summed E-state index contributed by atoms with van der Waals surface area (Å²) in [6.45, 7) is 5.30. The molecule has 1 rings (SSSR count).